The van der Waals surface area contributed by atoms with Crippen LogP contribution in [0.2, 0.25) is 0 Å². The zero-order valence-corrected chi connectivity index (χ0v) is 35.4. The number of benzene rings is 2. The third-order valence-electron chi connectivity index (χ3n) is 10.6. The number of likely N-dealkylation sites (tertiary alicyclic amines) is 1. The van der Waals surface area contributed by atoms with Crippen LogP contribution in [0, 0.1) is 12.3 Å². The first-order valence-corrected chi connectivity index (χ1v) is 21.1. The second-order valence-corrected chi connectivity index (χ2v) is 17.0. The zero-order valence-electron chi connectivity index (χ0n) is 34.6. The van der Waals surface area contributed by atoms with Gasteiger partial charge in [0.05, 0.1) is 35.0 Å². The number of aryl methyl sites for hydroxylation is 1. The molecular weight excluding hydrogens is 797 g/mol. The molecule has 4 aromatic heterocycles. The molecule has 0 spiro atoms. The van der Waals surface area contributed by atoms with Gasteiger partial charge >= 0.3 is 0 Å². The van der Waals surface area contributed by atoms with E-state index in [9.17, 15) is 24.3 Å². The van der Waals surface area contributed by atoms with Crippen LogP contribution in [0.5, 0.6) is 0 Å². The fraction of sp³-hybridized carbons (Fsp3) is 0.364. The molecule has 5 N–H and O–H groups in total. The number of unbranched alkanes of at least 4 members (excludes halogenated alkanes) is 1. The van der Waals surface area contributed by atoms with Crippen molar-refractivity contribution in [2.45, 2.75) is 84.7 Å². The van der Waals surface area contributed by atoms with Crippen molar-refractivity contribution in [1.82, 2.24) is 45.4 Å². The van der Waals surface area contributed by atoms with Crippen molar-refractivity contribution in [3.8, 4) is 21.6 Å². The number of anilines is 1. The number of hydrogen-bond donors (Lipinski definition) is 5. The van der Waals surface area contributed by atoms with Crippen LogP contribution in [-0.4, -0.2) is 89.5 Å². The number of aliphatic hydroxyl groups excluding tert-OH is 1. The molecule has 61 heavy (non-hydrogen) atoms. The Kier molecular flexibility index (Phi) is 13.2. The summed E-state index contributed by atoms with van der Waals surface area (Å²) in [6.45, 7) is 8.56. The monoisotopic (exact) mass is 846 g/mol. The topological polar surface area (TPSA) is 209 Å². The molecule has 0 bridgehead atoms. The van der Waals surface area contributed by atoms with Crippen LogP contribution in [0.25, 0.3) is 27.2 Å². The summed E-state index contributed by atoms with van der Waals surface area (Å²) in [5, 5.41) is 30.9. The number of furan rings is 1. The molecular formula is C44H50N10O6S. The van der Waals surface area contributed by atoms with E-state index in [1.165, 1.54) is 4.90 Å². The highest BCUT2D eigenvalue weighted by atomic mass is 32.1. The van der Waals surface area contributed by atoms with Crippen molar-refractivity contribution in [2.75, 3.05) is 18.4 Å². The largest absolute Gasteiger partial charge is 0.467 e. The molecule has 6 aromatic rings. The first kappa shape index (κ1) is 42.7. The summed E-state index contributed by atoms with van der Waals surface area (Å²) < 4.78 is 7.14. The molecule has 5 heterocycles. The van der Waals surface area contributed by atoms with Crippen molar-refractivity contribution < 1.29 is 28.7 Å². The molecule has 1 aliphatic rings. The van der Waals surface area contributed by atoms with Crippen LogP contribution >= 0.6 is 11.3 Å². The van der Waals surface area contributed by atoms with E-state index in [4.69, 9.17) is 4.42 Å². The maximum atomic E-state index is 14.0. The van der Waals surface area contributed by atoms with E-state index in [1.54, 1.807) is 46.7 Å². The van der Waals surface area contributed by atoms with Gasteiger partial charge < -0.3 is 35.7 Å². The number of rotatable bonds is 16. The van der Waals surface area contributed by atoms with E-state index < -0.39 is 29.5 Å². The maximum absolute atomic E-state index is 14.0. The van der Waals surface area contributed by atoms with E-state index in [-0.39, 0.29) is 43.7 Å². The SMILES string of the molecule is Cc1ncsc1-c1ccc(CNC(=O)[C@@H]2C[C@@H](O)CN2C(=O)[C@@H](NC(=O)CCCCNC(=O)c2ccc(-c3cnc(NCc4ccco4)n4cnnc34)cc2)C(C)(C)C)cc1. The van der Waals surface area contributed by atoms with Crippen LogP contribution in [-0.2, 0) is 27.5 Å². The van der Waals surface area contributed by atoms with Gasteiger partial charge in [0.1, 0.15) is 24.2 Å². The fourth-order valence-corrected chi connectivity index (χ4v) is 8.07. The number of aliphatic hydroxyl groups is 1. The van der Waals surface area contributed by atoms with Crippen molar-refractivity contribution in [2.24, 2.45) is 5.41 Å². The number of hydrogen-bond acceptors (Lipinski definition) is 12. The molecule has 0 radical (unpaired) electrons. The first-order chi connectivity index (χ1) is 29.4. The lowest BCUT2D eigenvalue weighted by molar-refractivity contribution is -0.144. The molecule has 1 aliphatic heterocycles. The summed E-state index contributed by atoms with van der Waals surface area (Å²) in [6, 6.07) is 16.9. The molecule has 0 aliphatic carbocycles. The van der Waals surface area contributed by atoms with Gasteiger partial charge in [-0.1, -0.05) is 57.2 Å². The molecule has 2 aromatic carbocycles. The number of nitrogens with zero attached hydrogens (tertiary/aromatic N) is 6. The average Bonchev–Trinajstić information content (AvgIpc) is 4.09. The van der Waals surface area contributed by atoms with Crippen molar-refractivity contribution in [3.05, 3.63) is 108 Å². The van der Waals surface area contributed by atoms with Gasteiger partial charge in [-0.3, -0.25) is 23.6 Å². The molecule has 1 saturated heterocycles. The van der Waals surface area contributed by atoms with Gasteiger partial charge in [-0.2, -0.15) is 0 Å². The quantitative estimate of drug-likeness (QED) is 0.0806. The third kappa shape index (κ3) is 10.3. The Balaban J connectivity index is 0.863. The summed E-state index contributed by atoms with van der Waals surface area (Å²) >= 11 is 1.57. The number of carbonyl (C=O) groups is 4. The van der Waals surface area contributed by atoms with E-state index >= 15 is 0 Å². The highest BCUT2D eigenvalue weighted by molar-refractivity contribution is 7.13. The van der Waals surface area contributed by atoms with Crippen LogP contribution in [0.1, 0.15) is 73.8 Å². The van der Waals surface area contributed by atoms with Gasteiger partial charge in [0.25, 0.3) is 5.91 Å². The highest BCUT2D eigenvalue weighted by Crippen LogP contribution is 2.29. The Morgan fingerprint density at radius 3 is 2.44 bits per heavy atom. The van der Waals surface area contributed by atoms with Crippen LogP contribution < -0.4 is 21.3 Å². The van der Waals surface area contributed by atoms with E-state index in [2.05, 4.69) is 41.4 Å². The molecule has 16 nitrogen and oxygen atoms in total. The second kappa shape index (κ2) is 18.9. The highest BCUT2D eigenvalue weighted by Gasteiger charge is 2.44. The second-order valence-electron chi connectivity index (χ2n) is 16.2. The molecule has 0 saturated carbocycles. The minimum atomic E-state index is -0.926. The lowest BCUT2D eigenvalue weighted by atomic mass is 9.85. The van der Waals surface area contributed by atoms with E-state index in [0.29, 0.717) is 43.1 Å². The van der Waals surface area contributed by atoms with Crippen LogP contribution in [0.3, 0.4) is 0 Å². The van der Waals surface area contributed by atoms with Gasteiger partial charge in [0.2, 0.25) is 23.7 Å². The molecule has 0 unspecified atom stereocenters. The molecule has 3 atom stereocenters. The Bertz CT molecular complexity index is 2460. The number of thiazole rings is 1. The summed E-state index contributed by atoms with van der Waals surface area (Å²) in [4.78, 5) is 64.9. The zero-order chi connectivity index (χ0) is 43.1. The third-order valence-corrected chi connectivity index (χ3v) is 11.6. The standard InChI is InChI=1S/C44H50N10O6S/c1-27-37(61-26-49-27)30-12-10-28(11-13-30)21-46-41(58)35-20-32(55)24-53(35)42(59)38(44(2,3)4)51-36(56)9-5-6-18-45-40(57)31-16-14-29(15-17-31)34-23-48-43(54-25-50-52-39(34)54)47-22-33-8-7-19-60-33/h7-8,10-17,19,23,25-26,32,35,38,55H,5-6,9,18,20-22,24H2,1-4H3,(H,45,57)(H,46,58)(H,47,48)(H,51,56)/t32-,35+,38-/m1/s1. The van der Waals surface area contributed by atoms with Gasteiger partial charge in [-0.25, -0.2) is 9.97 Å². The minimum absolute atomic E-state index is 0.00772. The normalized spacial score (nSPS) is 15.7. The Morgan fingerprint density at radius 2 is 1.74 bits per heavy atom. The number of aromatic nitrogens is 5. The Morgan fingerprint density at radius 1 is 0.967 bits per heavy atom. The minimum Gasteiger partial charge on any atom is -0.467 e. The average molecular weight is 847 g/mol. The van der Waals surface area contributed by atoms with Crippen molar-refractivity contribution in [1.29, 1.82) is 0 Å². The van der Waals surface area contributed by atoms with Gasteiger partial charge in [-0.05, 0) is 66.1 Å². The van der Waals surface area contributed by atoms with Gasteiger partial charge in [0.15, 0.2) is 5.65 Å². The van der Waals surface area contributed by atoms with E-state index in [1.807, 2.05) is 81.7 Å². The van der Waals surface area contributed by atoms with Crippen LogP contribution in [0.15, 0.2) is 89.4 Å². The van der Waals surface area contributed by atoms with Gasteiger partial charge in [0, 0.05) is 49.8 Å². The Hall–Kier alpha value is -6.46. The number of fused-ring (bicyclic) bond motifs is 1. The van der Waals surface area contributed by atoms with Crippen LogP contribution in [0.4, 0.5) is 5.95 Å². The fourth-order valence-electron chi connectivity index (χ4n) is 7.26. The first-order valence-electron chi connectivity index (χ1n) is 20.2. The summed E-state index contributed by atoms with van der Waals surface area (Å²) in [7, 11) is 0. The maximum Gasteiger partial charge on any atom is 0.251 e. The van der Waals surface area contributed by atoms with E-state index in [0.717, 1.165) is 38.6 Å². The summed E-state index contributed by atoms with van der Waals surface area (Å²) in [5.41, 5.74) is 6.69. The molecule has 1 fully saturated rings. The lowest BCUT2D eigenvalue weighted by Crippen LogP contribution is -2.57. The molecule has 17 heteroatoms. The number of nitrogens with one attached hydrogen (secondary N) is 4. The Labute approximate surface area is 357 Å². The summed E-state index contributed by atoms with van der Waals surface area (Å²) in [5.74, 6) is -0.0194. The smallest absolute Gasteiger partial charge is 0.251 e. The van der Waals surface area contributed by atoms with Crippen molar-refractivity contribution in [3.63, 3.8) is 0 Å². The number of β-amino-alcohol motifs (C(OH)–C–C–N with tert-alkyl or cyclic N) is 1. The number of amides is 4. The predicted octanol–water partition coefficient (Wildman–Crippen LogP) is 5.14. The number of carbonyl (C=O) groups excluding carboxylic acids is 4. The van der Waals surface area contributed by atoms with Gasteiger partial charge in [-0.15, -0.1) is 21.5 Å². The summed E-state index contributed by atoms with van der Waals surface area (Å²) in [6.07, 6.45) is 5.29. The molecule has 7 rings (SSSR count). The van der Waals surface area contributed by atoms with Crippen molar-refractivity contribution >= 4 is 46.6 Å². The molecule has 4 amide bonds. The predicted molar refractivity (Wildman–Crippen MR) is 230 cm³/mol. The molecule has 318 valence electrons. The lowest BCUT2D eigenvalue weighted by Gasteiger charge is -2.35.